The molecule has 0 saturated heterocycles. The molecule has 1 unspecified atom stereocenters. The second-order valence-electron chi connectivity index (χ2n) is 34.1. The van der Waals surface area contributed by atoms with Gasteiger partial charge in [0.25, 0.3) is 0 Å². The first-order valence-electron chi connectivity index (χ1n) is 41.6. The molecule has 0 aliphatic heterocycles. The summed E-state index contributed by atoms with van der Waals surface area (Å²) in [5, 5.41) is 0. The van der Waals surface area contributed by atoms with Crippen LogP contribution in [0.5, 0.6) is 0 Å². The van der Waals surface area contributed by atoms with Crippen LogP contribution in [-0.4, -0.2) is 0 Å². The molecule has 0 heterocycles. The SMILES string of the molecule is CC1(C)c2ccccc2-c2ccc(N(c3cc(-c4ccccc4)cc(-c4cccc(-c5ccc6c(c5)-c5ccccc5C65c6ccccc6-c6ccc(N(c7ccc8c(c7)C(C)(C)c7ccccc7-8)c7ccc(-c8ccccc8)cc7-c7ccccc7)cc65)c4)c3)c3ccc4c(c3)C3(c5ccccc5-c5ccccc53)c3ccccc3-4)cc21. The Labute approximate surface area is 690 Å². The smallest absolute Gasteiger partial charge is 0.0726 e. The summed E-state index contributed by atoms with van der Waals surface area (Å²) < 4.78 is 0. The Balaban J connectivity index is 0.670. The fourth-order valence-electron chi connectivity index (χ4n) is 22.2. The molecule has 118 heavy (non-hydrogen) atoms. The van der Waals surface area contributed by atoms with Gasteiger partial charge in [0.15, 0.2) is 0 Å². The van der Waals surface area contributed by atoms with Gasteiger partial charge in [-0.2, -0.15) is 0 Å². The highest BCUT2D eigenvalue weighted by molar-refractivity contribution is 6.02. The van der Waals surface area contributed by atoms with Crippen LogP contribution in [0.4, 0.5) is 34.1 Å². The van der Waals surface area contributed by atoms with Crippen molar-refractivity contribution in [2.45, 2.75) is 49.4 Å². The molecule has 6 aliphatic carbocycles. The number of fused-ring (bicyclic) bond motifs is 26. The molecule has 24 rings (SSSR count). The maximum absolute atomic E-state index is 2.56. The molecule has 0 N–H and O–H groups in total. The highest BCUT2D eigenvalue weighted by Gasteiger charge is 2.54. The van der Waals surface area contributed by atoms with E-state index >= 15 is 0 Å². The van der Waals surface area contributed by atoms with E-state index in [1.807, 2.05) is 0 Å². The van der Waals surface area contributed by atoms with Crippen molar-refractivity contribution in [2.75, 3.05) is 9.80 Å². The van der Waals surface area contributed by atoms with E-state index in [1.165, 1.54) is 150 Å². The van der Waals surface area contributed by atoms with E-state index in [-0.39, 0.29) is 10.8 Å². The highest BCUT2D eigenvalue weighted by Crippen LogP contribution is 2.67. The summed E-state index contributed by atoms with van der Waals surface area (Å²) >= 11 is 0. The third kappa shape index (κ3) is 9.63. The van der Waals surface area contributed by atoms with Gasteiger partial charge in [0, 0.05) is 44.8 Å². The van der Waals surface area contributed by atoms with Crippen molar-refractivity contribution in [1.82, 2.24) is 0 Å². The number of rotatable bonds is 11. The van der Waals surface area contributed by atoms with Crippen LogP contribution in [0.1, 0.15) is 94.5 Å². The average molecular weight is 1500 g/mol. The molecule has 0 saturated carbocycles. The first-order valence-corrected chi connectivity index (χ1v) is 41.6. The van der Waals surface area contributed by atoms with E-state index in [0.29, 0.717) is 0 Å². The van der Waals surface area contributed by atoms with Gasteiger partial charge < -0.3 is 9.80 Å². The van der Waals surface area contributed by atoms with Crippen molar-refractivity contribution in [3.05, 3.63) is 479 Å². The van der Waals surface area contributed by atoms with Gasteiger partial charge in [-0.25, -0.2) is 0 Å². The lowest BCUT2D eigenvalue weighted by atomic mass is 9.70. The standard InChI is InChI=1S/C116H80N2/c1-113(2)100-44-21-14-37-87(100)94-57-53-82(69-108(94)113)117(83-54-59-96-91-41-18-25-48-104(91)115(110(96)71-83)102-46-23-16-39-89(102)90-40-17-24-47-103(90)115)86-65-80(74-31-10-6-11-32-74)64-81(66-86)77-36-28-35-76(63-77)79-51-61-107-99(68-79)93-43-20-27-50-106(93)116(107)105-49-26-19-42-92(105)97-60-56-85(72-111(97)116)118(84-55-58-95-88-38-15-22-45-101(88)114(3,4)109(95)70-84)112-62-52-78(73-29-8-5-9-30-73)67-98(112)75-33-12-7-13-34-75/h5-72H,1-4H3. The van der Waals surface area contributed by atoms with Crippen molar-refractivity contribution in [3.8, 4) is 122 Å². The summed E-state index contributed by atoms with van der Waals surface area (Å²) in [4.78, 5) is 5.12. The largest absolute Gasteiger partial charge is 0.310 e. The zero-order chi connectivity index (χ0) is 78.3. The van der Waals surface area contributed by atoms with Crippen LogP contribution < -0.4 is 9.80 Å². The molecule has 1 atom stereocenters. The normalized spacial score (nSPS) is 15.2. The summed E-state index contributed by atoms with van der Waals surface area (Å²) in [6, 6.07) is 157. The molecule has 18 aromatic carbocycles. The third-order valence-electron chi connectivity index (χ3n) is 27.5. The number of nitrogens with zero attached hydrogens (tertiary/aromatic N) is 2. The fraction of sp³-hybridized carbons (Fsp3) is 0.0690. The number of hydrogen-bond acceptors (Lipinski definition) is 2. The minimum absolute atomic E-state index is 0.218. The van der Waals surface area contributed by atoms with E-state index in [1.54, 1.807) is 0 Å². The Morgan fingerprint density at radius 2 is 0.424 bits per heavy atom. The number of hydrogen-bond donors (Lipinski definition) is 0. The van der Waals surface area contributed by atoms with Gasteiger partial charge in [-0.1, -0.05) is 349 Å². The molecule has 18 aromatic rings. The van der Waals surface area contributed by atoms with Gasteiger partial charge in [-0.3, -0.25) is 0 Å². The van der Waals surface area contributed by atoms with Crippen LogP contribution in [-0.2, 0) is 21.7 Å². The van der Waals surface area contributed by atoms with Crippen molar-refractivity contribution in [3.63, 3.8) is 0 Å². The van der Waals surface area contributed by atoms with Gasteiger partial charge in [0.2, 0.25) is 0 Å². The molecular weight excluding hydrogens is 1420 g/mol. The lowest BCUT2D eigenvalue weighted by molar-refractivity contribution is 0.660. The maximum Gasteiger partial charge on any atom is 0.0726 e. The Kier molecular flexibility index (Phi) is 14.7. The zero-order valence-electron chi connectivity index (χ0n) is 66.2. The molecule has 6 aliphatic rings. The first kappa shape index (κ1) is 68.0. The van der Waals surface area contributed by atoms with Gasteiger partial charge in [-0.05, 0) is 275 Å². The van der Waals surface area contributed by atoms with Crippen molar-refractivity contribution < 1.29 is 0 Å². The monoisotopic (exact) mass is 1500 g/mol. The molecule has 2 spiro atoms. The fourth-order valence-corrected chi connectivity index (χ4v) is 22.2. The second kappa shape index (κ2) is 25.5. The summed E-state index contributed by atoms with van der Waals surface area (Å²) in [6.45, 7) is 9.59. The Morgan fingerprint density at radius 3 is 0.873 bits per heavy atom. The van der Waals surface area contributed by atoms with Crippen LogP contribution in [0.25, 0.3) is 122 Å². The van der Waals surface area contributed by atoms with E-state index in [2.05, 4.69) is 450 Å². The van der Waals surface area contributed by atoms with E-state index in [0.717, 1.165) is 73.1 Å². The summed E-state index contributed by atoms with van der Waals surface area (Å²) in [7, 11) is 0. The highest BCUT2D eigenvalue weighted by atomic mass is 15.2. The number of anilines is 6. The lowest BCUT2D eigenvalue weighted by Crippen LogP contribution is -2.26. The Bertz CT molecular complexity index is 7200. The summed E-state index contributed by atoms with van der Waals surface area (Å²) in [5.41, 5.74) is 47.8. The molecule has 0 fully saturated rings. The van der Waals surface area contributed by atoms with Crippen LogP contribution >= 0.6 is 0 Å². The minimum Gasteiger partial charge on any atom is -0.310 e. The lowest BCUT2D eigenvalue weighted by Gasteiger charge is -2.33. The molecule has 0 amide bonds. The third-order valence-corrected chi connectivity index (χ3v) is 27.5. The second-order valence-corrected chi connectivity index (χ2v) is 34.1. The van der Waals surface area contributed by atoms with Crippen molar-refractivity contribution >= 4 is 34.1 Å². The topological polar surface area (TPSA) is 6.48 Å². The minimum atomic E-state index is -0.644. The number of benzene rings is 18. The predicted molar refractivity (Wildman–Crippen MR) is 491 cm³/mol. The van der Waals surface area contributed by atoms with E-state index < -0.39 is 10.8 Å². The first-order chi connectivity index (χ1) is 58.0. The Morgan fingerprint density at radius 1 is 0.144 bits per heavy atom. The quantitative estimate of drug-likeness (QED) is 0.127. The van der Waals surface area contributed by atoms with Gasteiger partial charge >= 0.3 is 0 Å². The molecule has 554 valence electrons. The summed E-state index contributed by atoms with van der Waals surface area (Å²) in [5.74, 6) is 0. The maximum atomic E-state index is 2.56. The molecule has 2 heteroatoms. The molecule has 0 aromatic heterocycles. The van der Waals surface area contributed by atoms with Crippen LogP contribution in [0.15, 0.2) is 413 Å². The zero-order valence-corrected chi connectivity index (χ0v) is 66.2. The van der Waals surface area contributed by atoms with Gasteiger partial charge in [-0.15, -0.1) is 0 Å². The molecule has 0 bridgehead atoms. The van der Waals surface area contributed by atoms with Crippen LogP contribution in [0.2, 0.25) is 0 Å². The predicted octanol–water partition coefficient (Wildman–Crippen LogP) is 30.3. The molecule has 0 radical (unpaired) electrons. The van der Waals surface area contributed by atoms with Crippen molar-refractivity contribution in [1.29, 1.82) is 0 Å². The van der Waals surface area contributed by atoms with E-state index in [4.69, 9.17) is 0 Å². The van der Waals surface area contributed by atoms with Crippen LogP contribution in [0.3, 0.4) is 0 Å². The van der Waals surface area contributed by atoms with Gasteiger partial charge in [0.05, 0.1) is 16.5 Å². The average Bonchev–Trinajstić information content (AvgIpc) is 1.51. The Hall–Kier alpha value is -14.4. The van der Waals surface area contributed by atoms with Gasteiger partial charge in [0.1, 0.15) is 0 Å². The molecular formula is C116H80N2. The van der Waals surface area contributed by atoms with Crippen LogP contribution in [0, 0.1) is 0 Å². The molecule has 2 nitrogen and oxygen atoms in total. The van der Waals surface area contributed by atoms with Crippen molar-refractivity contribution in [2.24, 2.45) is 0 Å². The van der Waals surface area contributed by atoms with E-state index in [9.17, 15) is 0 Å². The summed E-state index contributed by atoms with van der Waals surface area (Å²) in [6.07, 6.45) is 0.